The SMILES string of the molecule is NNc1cc(SC2CCCCC2)nc(-c2ccccc2)n1. The molecule has 1 aliphatic carbocycles. The molecular formula is C16H20N4S. The molecule has 1 heterocycles. The summed E-state index contributed by atoms with van der Waals surface area (Å²) in [7, 11) is 0. The molecule has 1 fully saturated rings. The summed E-state index contributed by atoms with van der Waals surface area (Å²) in [4.78, 5) is 9.16. The van der Waals surface area contributed by atoms with Crippen LogP contribution < -0.4 is 11.3 Å². The number of thioether (sulfide) groups is 1. The van der Waals surface area contributed by atoms with E-state index in [4.69, 9.17) is 10.8 Å². The Labute approximate surface area is 129 Å². The topological polar surface area (TPSA) is 63.8 Å². The maximum absolute atomic E-state index is 5.55. The van der Waals surface area contributed by atoms with Crippen LogP contribution in [0.5, 0.6) is 0 Å². The lowest BCUT2D eigenvalue weighted by Gasteiger charge is -2.20. The van der Waals surface area contributed by atoms with E-state index in [-0.39, 0.29) is 0 Å². The van der Waals surface area contributed by atoms with E-state index in [2.05, 4.69) is 10.4 Å². The van der Waals surface area contributed by atoms with Crippen LogP contribution in [-0.2, 0) is 0 Å². The van der Waals surface area contributed by atoms with Gasteiger partial charge in [-0.3, -0.25) is 0 Å². The average Bonchev–Trinajstić information content (AvgIpc) is 2.56. The molecule has 3 N–H and O–H groups in total. The van der Waals surface area contributed by atoms with Crippen LogP contribution in [0.25, 0.3) is 11.4 Å². The molecule has 5 heteroatoms. The molecule has 2 aromatic rings. The summed E-state index contributed by atoms with van der Waals surface area (Å²) >= 11 is 1.86. The Morgan fingerprint density at radius 3 is 2.52 bits per heavy atom. The van der Waals surface area contributed by atoms with E-state index >= 15 is 0 Å². The molecule has 0 saturated heterocycles. The molecule has 1 aromatic carbocycles. The normalized spacial score (nSPS) is 15.9. The molecule has 1 saturated carbocycles. The van der Waals surface area contributed by atoms with Gasteiger partial charge in [0, 0.05) is 16.9 Å². The van der Waals surface area contributed by atoms with E-state index in [9.17, 15) is 0 Å². The zero-order valence-electron chi connectivity index (χ0n) is 12.0. The van der Waals surface area contributed by atoms with Crippen molar-refractivity contribution < 1.29 is 0 Å². The molecular weight excluding hydrogens is 280 g/mol. The first-order chi connectivity index (χ1) is 10.3. The van der Waals surface area contributed by atoms with E-state index in [1.165, 1.54) is 32.1 Å². The summed E-state index contributed by atoms with van der Waals surface area (Å²) in [6.45, 7) is 0. The van der Waals surface area contributed by atoms with Gasteiger partial charge in [0.25, 0.3) is 0 Å². The summed E-state index contributed by atoms with van der Waals surface area (Å²) in [5.74, 6) is 6.94. The Kier molecular flexibility index (Phi) is 4.72. The van der Waals surface area contributed by atoms with Crippen LogP contribution >= 0.6 is 11.8 Å². The van der Waals surface area contributed by atoms with Crippen molar-refractivity contribution in [3.05, 3.63) is 36.4 Å². The summed E-state index contributed by atoms with van der Waals surface area (Å²) < 4.78 is 0. The maximum Gasteiger partial charge on any atom is 0.162 e. The van der Waals surface area contributed by atoms with Gasteiger partial charge in [-0.2, -0.15) is 0 Å². The quantitative estimate of drug-likeness (QED) is 0.510. The maximum atomic E-state index is 5.55. The van der Waals surface area contributed by atoms with Crippen LogP contribution in [-0.4, -0.2) is 15.2 Å². The molecule has 0 unspecified atom stereocenters. The van der Waals surface area contributed by atoms with Crippen LogP contribution in [0.1, 0.15) is 32.1 Å². The fourth-order valence-electron chi connectivity index (χ4n) is 2.63. The van der Waals surface area contributed by atoms with Crippen molar-refractivity contribution in [1.29, 1.82) is 0 Å². The number of aromatic nitrogens is 2. The molecule has 0 aliphatic heterocycles. The second kappa shape index (κ2) is 6.91. The number of hydrazine groups is 1. The summed E-state index contributed by atoms with van der Waals surface area (Å²) in [5.41, 5.74) is 3.66. The summed E-state index contributed by atoms with van der Waals surface area (Å²) in [6.07, 6.45) is 6.58. The highest BCUT2D eigenvalue weighted by atomic mass is 32.2. The fraction of sp³-hybridized carbons (Fsp3) is 0.375. The Hall–Kier alpha value is -1.59. The average molecular weight is 300 g/mol. The number of benzene rings is 1. The molecule has 0 radical (unpaired) electrons. The van der Waals surface area contributed by atoms with Crippen LogP contribution in [0.15, 0.2) is 41.4 Å². The zero-order chi connectivity index (χ0) is 14.5. The molecule has 1 aromatic heterocycles. The first-order valence-corrected chi connectivity index (χ1v) is 8.31. The number of anilines is 1. The summed E-state index contributed by atoms with van der Waals surface area (Å²) in [5, 5.41) is 1.67. The van der Waals surface area contributed by atoms with Gasteiger partial charge in [-0.1, -0.05) is 49.6 Å². The first kappa shape index (κ1) is 14.4. The van der Waals surface area contributed by atoms with Gasteiger partial charge in [0.1, 0.15) is 10.8 Å². The number of nitrogens with zero attached hydrogens (tertiary/aromatic N) is 2. The minimum atomic E-state index is 0.669. The predicted octanol–water partition coefficient (Wildman–Crippen LogP) is 3.85. The molecule has 21 heavy (non-hydrogen) atoms. The number of nitrogens with two attached hydrogens (primary N) is 1. The standard InChI is InChI=1S/C16H20N4S/c17-20-14-11-15(21-13-9-5-2-6-10-13)19-16(18-14)12-7-3-1-4-8-12/h1,3-4,7-8,11,13H,2,5-6,9-10,17H2,(H,18,19,20). The Morgan fingerprint density at radius 1 is 1.05 bits per heavy atom. The van der Waals surface area contributed by atoms with Crippen molar-refractivity contribution >= 4 is 17.6 Å². The number of hydrogen-bond donors (Lipinski definition) is 2. The molecule has 0 spiro atoms. The van der Waals surface area contributed by atoms with Crippen LogP contribution in [0.3, 0.4) is 0 Å². The fourth-order valence-corrected chi connectivity index (χ4v) is 3.86. The number of nitrogen functional groups attached to an aromatic ring is 1. The third kappa shape index (κ3) is 3.74. The van der Waals surface area contributed by atoms with Gasteiger partial charge < -0.3 is 5.43 Å². The van der Waals surface area contributed by atoms with Crippen LogP contribution in [0, 0.1) is 0 Å². The van der Waals surface area contributed by atoms with E-state index < -0.39 is 0 Å². The molecule has 110 valence electrons. The van der Waals surface area contributed by atoms with Crippen molar-refractivity contribution in [1.82, 2.24) is 9.97 Å². The van der Waals surface area contributed by atoms with Crippen LogP contribution in [0.4, 0.5) is 5.82 Å². The number of hydrogen-bond acceptors (Lipinski definition) is 5. The lowest BCUT2D eigenvalue weighted by Crippen LogP contribution is -2.11. The first-order valence-electron chi connectivity index (χ1n) is 7.43. The van der Waals surface area contributed by atoms with E-state index in [0.717, 1.165) is 16.4 Å². The largest absolute Gasteiger partial charge is 0.308 e. The lowest BCUT2D eigenvalue weighted by atomic mass is 10.0. The van der Waals surface area contributed by atoms with Gasteiger partial charge in [0.2, 0.25) is 0 Å². The van der Waals surface area contributed by atoms with Gasteiger partial charge in [-0.05, 0) is 12.8 Å². The van der Waals surface area contributed by atoms with Crippen molar-refractivity contribution in [2.24, 2.45) is 5.84 Å². The van der Waals surface area contributed by atoms with E-state index in [1.807, 2.05) is 48.2 Å². The molecule has 4 nitrogen and oxygen atoms in total. The Bertz CT molecular complexity index is 582. The number of nitrogens with one attached hydrogen (secondary N) is 1. The second-order valence-electron chi connectivity index (χ2n) is 5.30. The van der Waals surface area contributed by atoms with Gasteiger partial charge >= 0.3 is 0 Å². The third-order valence-corrected chi connectivity index (χ3v) is 4.98. The van der Waals surface area contributed by atoms with Crippen LogP contribution in [0.2, 0.25) is 0 Å². The van der Waals surface area contributed by atoms with Gasteiger partial charge in [-0.15, -0.1) is 11.8 Å². The monoisotopic (exact) mass is 300 g/mol. The minimum absolute atomic E-state index is 0.669. The van der Waals surface area contributed by atoms with E-state index in [1.54, 1.807) is 0 Å². The molecule has 0 bridgehead atoms. The zero-order valence-corrected chi connectivity index (χ0v) is 12.8. The summed E-state index contributed by atoms with van der Waals surface area (Å²) in [6, 6.07) is 12.0. The number of rotatable bonds is 4. The van der Waals surface area contributed by atoms with E-state index in [0.29, 0.717) is 11.1 Å². The minimum Gasteiger partial charge on any atom is -0.308 e. The van der Waals surface area contributed by atoms with Gasteiger partial charge in [-0.25, -0.2) is 15.8 Å². The Morgan fingerprint density at radius 2 is 1.81 bits per heavy atom. The highest BCUT2D eigenvalue weighted by Gasteiger charge is 2.16. The van der Waals surface area contributed by atoms with Crippen molar-refractivity contribution in [2.75, 3.05) is 5.43 Å². The lowest BCUT2D eigenvalue weighted by molar-refractivity contribution is 0.515. The van der Waals surface area contributed by atoms with Gasteiger partial charge in [0.05, 0.1) is 0 Å². The molecule has 0 atom stereocenters. The van der Waals surface area contributed by atoms with Crippen molar-refractivity contribution in [3.8, 4) is 11.4 Å². The highest BCUT2D eigenvalue weighted by Crippen LogP contribution is 2.34. The molecule has 0 amide bonds. The van der Waals surface area contributed by atoms with Crippen molar-refractivity contribution in [2.45, 2.75) is 42.4 Å². The third-order valence-electron chi connectivity index (χ3n) is 3.72. The second-order valence-corrected chi connectivity index (χ2v) is 6.62. The highest BCUT2D eigenvalue weighted by molar-refractivity contribution is 7.99. The van der Waals surface area contributed by atoms with Crippen molar-refractivity contribution in [3.63, 3.8) is 0 Å². The predicted molar refractivity (Wildman–Crippen MR) is 88.0 cm³/mol. The van der Waals surface area contributed by atoms with Gasteiger partial charge in [0.15, 0.2) is 5.82 Å². The Balaban J connectivity index is 1.86. The smallest absolute Gasteiger partial charge is 0.162 e. The molecule has 1 aliphatic rings. The molecule has 3 rings (SSSR count).